The molecule has 0 aliphatic heterocycles. The molecule has 3 amide bonds. The highest BCUT2D eigenvalue weighted by atomic mass is 79.9. The Morgan fingerprint density at radius 1 is 0.398 bits per heavy atom. The number of halogens is 4. The zero-order chi connectivity index (χ0) is 78.9. The van der Waals surface area contributed by atoms with Crippen LogP contribution < -0.4 is 132 Å². The molecule has 34 heteroatoms. The molecule has 0 bridgehead atoms. The minimum atomic E-state index is -4.51. The van der Waals surface area contributed by atoms with Gasteiger partial charge in [0.2, 0.25) is 47.8 Å². The maximum Gasteiger partial charge on any atom is 0.488 e. The lowest BCUT2D eigenvalue weighted by Crippen LogP contribution is -3.00. The van der Waals surface area contributed by atoms with E-state index in [2.05, 4.69) is 109 Å². The fourth-order valence-corrected chi connectivity index (χ4v) is 15.9. The monoisotopic (exact) mass is 1850 g/mol. The van der Waals surface area contributed by atoms with Gasteiger partial charge < -0.3 is 109 Å². The van der Waals surface area contributed by atoms with E-state index in [1.165, 1.54) is 45.0 Å². The molecule has 0 aliphatic carbocycles. The zero-order valence-corrected chi connectivity index (χ0v) is 71.3. The average molecular weight is 1860 g/mol. The second-order valence-electron chi connectivity index (χ2n) is 26.2. The summed E-state index contributed by atoms with van der Waals surface area (Å²) in [7, 11) is -16.5. The lowest BCUT2D eigenvalue weighted by atomic mass is 9.78. The molecular formula is C79H88B2Br4N10O15S3. The molecule has 4 aromatic heterocycles. The van der Waals surface area contributed by atoms with Gasteiger partial charge in [-0.05, 0) is 97.5 Å². The first-order valence-electron chi connectivity index (χ1n) is 34.8. The Morgan fingerprint density at radius 2 is 0.673 bits per heavy atom. The molecule has 10 aromatic rings. The molecule has 0 radical (unpaired) electrons. The van der Waals surface area contributed by atoms with E-state index in [1.54, 1.807) is 12.2 Å². The van der Waals surface area contributed by atoms with Crippen LogP contribution in [0.2, 0.25) is 0 Å². The summed E-state index contributed by atoms with van der Waals surface area (Å²) in [6.45, 7) is 26.3. The number of rotatable bonds is 35. The van der Waals surface area contributed by atoms with Crippen molar-refractivity contribution in [2.75, 3.05) is 39.3 Å². The van der Waals surface area contributed by atoms with Crippen molar-refractivity contribution < 1.29 is 155 Å². The second kappa shape index (κ2) is 43.0. The zero-order valence-electron chi connectivity index (χ0n) is 62.5. The number of esters is 1. The normalized spacial score (nSPS) is 11.1. The molecule has 0 atom stereocenters. The molecular weight excluding hydrogens is 1770 g/mol. The molecule has 0 fully saturated rings. The van der Waals surface area contributed by atoms with Crippen LogP contribution in [0.25, 0.3) is 55.6 Å². The first kappa shape index (κ1) is 94.8. The maximum atomic E-state index is 14.1. The van der Waals surface area contributed by atoms with Gasteiger partial charge in [-0.15, -0.1) is 0 Å². The fourth-order valence-electron chi connectivity index (χ4n) is 12.0. The number of hydrogen-bond donors (Lipinski definition) is 10. The number of nitrogens with zero attached hydrogens (tertiary/aromatic N) is 4. The molecule has 6 aromatic carbocycles. The van der Waals surface area contributed by atoms with Crippen LogP contribution in [0.4, 0.5) is 0 Å². The van der Waals surface area contributed by atoms with Crippen LogP contribution >= 0.6 is 0 Å². The average Bonchev–Trinajstić information content (AvgIpc) is 0.703. The minimum Gasteiger partial charge on any atom is -1.00 e. The molecule has 10 rings (SSSR count). The number of amides is 3. The van der Waals surface area contributed by atoms with Gasteiger partial charge in [-0.2, -0.15) is 0 Å². The predicted molar refractivity (Wildman–Crippen MR) is 419 cm³/mol. The van der Waals surface area contributed by atoms with E-state index in [0.29, 0.717) is 37.1 Å². The Kier molecular flexibility index (Phi) is 36.1. The molecule has 0 spiro atoms. The summed E-state index contributed by atoms with van der Waals surface area (Å²) in [5.41, 5.74) is 9.86. The van der Waals surface area contributed by atoms with Crippen LogP contribution in [0.1, 0.15) is 80.3 Å². The third-order valence-electron chi connectivity index (χ3n) is 17.5. The first-order valence-corrected chi connectivity index (χ1v) is 39.2. The van der Waals surface area contributed by atoms with Crippen molar-refractivity contribution in [2.45, 2.75) is 87.8 Å². The van der Waals surface area contributed by atoms with E-state index < -0.39 is 77.8 Å². The van der Waals surface area contributed by atoms with Crippen molar-refractivity contribution in [3.05, 3.63) is 254 Å². The number of sulfonamides is 3. The number of pyridine rings is 4. The van der Waals surface area contributed by atoms with E-state index in [1.807, 2.05) is 107 Å². The number of nitrogens with one attached hydrogen (secondary N) is 6. The van der Waals surface area contributed by atoms with Gasteiger partial charge in [-0.3, -0.25) is 19.2 Å². The Balaban J connectivity index is 0.000000394. The summed E-state index contributed by atoms with van der Waals surface area (Å²) >= 11 is 0. The van der Waals surface area contributed by atoms with Crippen molar-refractivity contribution in [2.24, 2.45) is 0 Å². The standard InChI is InChI=1S/C40H40B2N4O4.C39H48N6O11S3.4BrH/c1-3-31-5-13-43(14-6-31)27-33-21-35(25-39(23-33)41(47)48)29-45-17-9-37(10-18-45)38-11-19-46(20-12-38)30-36-22-34(24-40(26-36)42(49)50)28-44-15-7-32(4-2)8-16-44;1-23(2)37(47)40-15-8-18-43-57(50,51)32-21-31(56-26(7)46)27-11-12-29-33(58(52,53)44-19-9-16-41-38(48)24(3)4)22-34(30-14-13-28(32)35(27)36(29)30)59(54,55)45-20-10-17-42-39(49)25(5)6;;;;/h3-26,47-50H,1-2,27-30H2;11-14,21-22,43-45H,1,3,5,8-10,15-20H2,2,4,6-7H3,(H,40,47)(H,41,48)(H,42,49);4*1H/q+4;;;;;/p-4. The molecule has 0 unspecified atom stereocenters. The Labute approximate surface area is 701 Å². The van der Waals surface area contributed by atoms with Crippen molar-refractivity contribution in [3.63, 3.8) is 0 Å². The molecule has 0 saturated heterocycles. The summed E-state index contributed by atoms with van der Waals surface area (Å²) in [6.07, 6.45) is 20.2. The number of carbonyl (C=O) groups is 4. The smallest absolute Gasteiger partial charge is 0.488 e. The first-order chi connectivity index (χ1) is 51.8. The second-order valence-corrected chi connectivity index (χ2v) is 31.4. The van der Waals surface area contributed by atoms with Crippen molar-refractivity contribution in [1.82, 2.24) is 30.1 Å². The van der Waals surface area contributed by atoms with Crippen LogP contribution in [0.15, 0.2) is 235 Å². The van der Waals surface area contributed by atoms with E-state index in [4.69, 9.17) is 4.74 Å². The molecule has 25 nitrogen and oxygen atoms in total. The van der Waals surface area contributed by atoms with Crippen LogP contribution in [0, 0.1) is 0 Å². The topological polar surface area (TPSA) is 349 Å². The molecule has 113 heavy (non-hydrogen) atoms. The molecule has 0 aliphatic rings. The lowest BCUT2D eigenvalue weighted by Gasteiger charge is -2.21. The molecule has 4 heterocycles. The van der Waals surface area contributed by atoms with Gasteiger partial charge in [0.1, 0.15) is 5.75 Å². The third-order valence-corrected chi connectivity index (χ3v) is 22.0. The van der Waals surface area contributed by atoms with Gasteiger partial charge >= 0.3 is 20.2 Å². The molecule has 10 N–H and O–H groups in total. The molecule has 0 saturated carbocycles. The number of hydrogen-bond acceptors (Lipinski definition) is 15. The van der Waals surface area contributed by atoms with Gasteiger partial charge in [-0.1, -0.05) is 87.5 Å². The SMILES string of the molecule is C=C(C)C(=O)NCCCNS(=O)(=O)c1cc(OC(C)=O)c2ccc3c(S(=O)(=O)NCCCNC(=O)C(=C)C)cc(S(=O)(=O)NCCCNC(=O)C(=C)C)c4ccc1c2c34.C=Cc1cc[n+](Cc2cc(C[n+]3ccc(-c4cc[n+](Cc5cc(C[n+]6ccc(C=C)cc6)cc(B(O)O)c5)cc4)cc3)cc(B(O)O)c2)cc1.[Br-].[Br-].[Br-].[Br-]. The van der Waals surface area contributed by atoms with Gasteiger partial charge in [0.15, 0.2) is 75.8 Å². The highest BCUT2D eigenvalue weighted by Crippen LogP contribution is 2.45. The number of ether oxygens (including phenoxy) is 1. The Morgan fingerprint density at radius 3 is 0.947 bits per heavy atom. The number of carbonyl (C=O) groups excluding carboxylic acids is 4. The van der Waals surface area contributed by atoms with Gasteiger partial charge in [0.25, 0.3) is 0 Å². The number of aromatic nitrogens is 4. The molecule has 596 valence electrons. The summed E-state index contributed by atoms with van der Waals surface area (Å²) in [4.78, 5) is 46.8. The summed E-state index contributed by atoms with van der Waals surface area (Å²) in [6, 6.07) is 35.5. The Bertz CT molecular complexity index is 5250. The van der Waals surface area contributed by atoms with Crippen LogP contribution in [0.3, 0.4) is 0 Å². The van der Waals surface area contributed by atoms with E-state index in [-0.39, 0.29) is 186 Å². The number of benzene rings is 6. The third kappa shape index (κ3) is 25.8. The van der Waals surface area contributed by atoms with E-state index >= 15 is 0 Å². The van der Waals surface area contributed by atoms with Crippen LogP contribution in [-0.4, -0.2) is 123 Å². The van der Waals surface area contributed by atoms with Crippen molar-refractivity contribution >= 4 is 123 Å². The van der Waals surface area contributed by atoms with Crippen molar-refractivity contribution in [1.29, 1.82) is 0 Å². The van der Waals surface area contributed by atoms with Gasteiger partial charge in [0.05, 0.1) is 14.7 Å². The van der Waals surface area contributed by atoms with E-state index in [9.17, 15) is 64.5 Å². The summed E-state index contributed by atoms with van der Waals surface area (Å²) in [5.74, 6) is -2.17. The fraction of sp³-hybridized carbons (Fsp3) is 0.215. The summed E-state index contributed by atoms with van der Waals surface area (Å²) in [5, 5.41) is 48.1. The quantitative estimate of drug-likeness (QED) is 0.00336. The highest BCUT2D eigenvalue weighted by Gasteiger charge is 2.31. The van der Waals surface area contributed by atoms with E-state index in [0.717, 1.165) is 63.6 Å². The minimum absolute atomic E-state index is 0. The van der Waals surface area contributed by atoms with Crippen LogP contribution in [0.5, 0.6) is 5.75 Å². The highest BCUT2D eigenvalue weighted by molar-refractivity contribution is 7.90. The maximum absolute atomic E-state index is 14.1. The van der Waals surface area contributed by atoms with Gasteiger partial charge in [0, 0.05) is 172 Å². The Hall–Kier alpha value is -8.84. The van der Waals surface area contributed by atoms with Crippen LogP contribution in [-0.2, 0) is 75.4 Å². The lowest BCUT2D eigenvalue weighted by molar-refractivity contribution is -0.689. The summed E-state index contributed by atoms with van der Waals surface area (Å²) < 4.78 is 105. The largest absolute Gasteiger partial charge is 1.00 e. The van der Waals surface area contributed by atoms with Gasteiger partial charge in [-0.25, -0.2) is 57.7 Å². The predicted octanol–water partition coefficient (Wildman–Crippen LogP) is -8.05. The van der Waals surface area contributed by atoms with Crippen molar-refractivity contribution in [3.8, 4) is 16.9 Å².